The molecule has 0 unspecified atom stereocenters. The lowest BCUT2D eigenvalue weighted by molar-refractivity contribution is 0.102. The second-order valence-corrected chi connectivity index (χ2v) is 4.66. The number of rotatable bonds is 2. The summed E-state index contributed by atoms with van der Waals surface area (Å²) >= 11 is 0. The molecule has 21 heavy (non-hydrogen) atoms. The van der Waals surface area contributed by atoms with Crippen LogP contribution < -0.4 is 5.32 Å². The molecule has 0 radical (unpaired) electrons. The van der Waals surface area contributed by atoms with Crippen LogP contribution in [0.25, 0.3) is 0 Å². The Morgan fingerprint density at radius 1 is 1.19 bits per heavy atom. The predicted octanol–water partition coefficient (Wildman–Crippen LogP) is 3.71. The van der Waals surface area contributed by atoms with Gasteiger partial charge in [0.2, 0.25) is 0 Å². The lowest BCUT2D eigenvalue weighted by Gasteiger charge is -2.11. The summed E-state index contributed by atoms with van der Waals surface area (Å²) < 4.78 is 26.7. The number of amides is 1. The van der Waals surface area contributed by atoms with Gasteiger partial charge in [0, 0.05) is 16.8 Å². The number of anilines is 1. The van der Waals surface area contributed by atoms with Gasteiger partial charge in [0.05, 0.1) is 11.6 Å². The summed E-state index contributed by atoms with van der Waals surface area (Å²) in [5, 5.41) is 11.4. The summed E-state index contributed by atoms with van der Waals surface area (Å²) in [5.41, 5.74) is 1.34. The molecule has 0 aliphatic rings. The minimum Gasteiger partial charge on any atom is -0.322 e. The van der Waals surface area contributed by atoms with E-state index in [0.29, 0.717) is 11.1 Å². The highest BCUT2D eigenvalue weighted by molar-refractivity contribution is 6.05. The SMILES string of the molecule is Cc1cc(F)ccc1C(=O)Nc1cc(C#N)cc(F)c1C. The molecule has 106 valence electrons. The minimum absolute atomic E-state index is 0.115. The zero-order valence-corrected chi connectivity index (χ0v) is 11.5. The average molecular weight is 286 g/mol. The van der Waals surface area contributed by atoms with E-state index in [1.54, 1.807) is 6.92 Å². The van der Waals surface area contributed by atoms with Crippen molar-refractivity contribution in [2.45, 2.75) is 13.8 Å². The van der Waals surface area contributed by atoms with Crippen molar-refractivity contribution in [1.29, 1.82) is 5.26 Å². The van der Waals surface area contributed by atoms with Gasteiger partial charge in [-0.15, -0.1) is 0 Å². The van der Waals surface area contributed by atoms with E-state index in [4.69, 9.17) is 5.26 Å². The molecule has 1 amide bonds. The molecule has 0 aromatic heterocycles. The fourth-order valence-corrected chi connectivity index (χ4v) is 1.94. The highest BCUT2D eigenvalue weighted by Crippen LogP contribution is 2.22. The molecule has 0 fully saturated rings. The molecule has 0 heterocycles. The number of hydrogen-bond acceptors (Lipinski definition) is 2. The number of benzene rings is 2. The standard InChI is InChI=1S/C16H12F2N2O/c1-9-5-12(17)3-4-13(9)16(21)20-15-7-11(8-19)6-14(18)10(15)2/h3-7H,1-2H3,(H,20,21). The van der Waals surface area contributed by atoms with E-state index in [9.17, 15) is 13.6 Å². The third-order valence-electron chi connectivity index (χ3n) is 3.15. The first kappa shape index (κ1) is 14.7. The van der Waals surface area contributed by atoms with Gasteiger partial charge in [0.1, 0.15) is 11.6 Å². The van der Waals surface area contributed by atoms with Crippen LogP contribution in [-0.2, 0) is 0 Å². The van der Waals surface area contributed by atoms with Crippen LogP contribution in [0.1, 0.15) is 27.0 Å². The van der Waals surface area contributed by atoms with Crippen molar-refractivity contribution in [2.75, 3.05) is 5.32 Å². The van der Waals surface area contributed by atoms with Crippen LogP contribution in [0, 0.1) is 36.8 Å². The van der Waals surface area contributed by atoms with Crippen LogP contribution in [-0.4, -0.2) is 5.91 Å². The Morgan fingerprint density at radius 3 is 2.52 bits per heavy atom. The monoisotopic (exact) mass is 286 g/mol. The number of nitrogens with zero attached hydrogens (tertiary/aromatic N) is 1. The number of nitriles is 1. The third-order valence-corrected chi connectivity index (χ3v) is 3.15. The molecule has 2 aromatic rings. The molecule has 5 heteroatoms. The van der Waals surface area contributed by atoms with Gasteiger partial charge in [-0.2, -0.15) is 5.26 Å². The van der Waals surface area contributed by atoms with Crippen molar-refractivity contribution in [3.63, 3.8) is 0 Å². The molecule has 0 saturated heterocycles. The van der Waals surface area contributed by atoms with Gasteiger partial charge in [0.25, 0.3) is 5.91 Å². The van der Waals surface area contributed by atoms with Gasteiger partial charge in [-0.25, -0.2) is 8.78 Å². The summed E-state index contributed by atoms with van der Waals surface area (Å²) in [6.07, 6.45) is 0. The zero-order chi connectivity index (χ0) is 15.6. The van der Waals surface area contributed by atoms with Crippen molar-refractivity contribution in [3.05, 3.63) is 64.2 Å². The normalized spacial score (nSPS) is 10.0. The van der Waals surface area contributed by atoms with E-state index < -0.39 is 17.5 Å². The molecular formula is C16H12F2N2O. The lowest BCUT2D eigenvalue weighted by Crippen LogP contribution is -2.15. The van der Waals surface area contributed by atoms with Crippen molar-refractivity contribution in [2.24, 2.45) is 0 Å². The van der Waals surface area contributed by atoms with Gasteiger partial charge in [-0.05, 0) is 49.7 Å². The Bertz CT molecular complexity index is 764. The van der Waals surface area contributed by atoms with Crippen molar-refractivity contribution >= 4 is 11.6 Å². The van der Waals surface area contributed by atoms with Gasteiger partial charge >= 0.3 is 0 Å². The summed E-state index contributed by atoms with van der Waals surface area (Å²) in [6, 6.07) is 8.12. The highest BCUT2D eigenvalue weighted by atomic mass is 19.1. The Morgan fingerprint density at radius 2 is 1.90 bits per heavy atom. The topological polar surface area (TPSA) is 52.9 Å². The van der Waals surface area contributed by atoms with Crippen LogP contribution in [0.5, 0.6) is 0 Å². The Balaban J connectivity index is 2.36. The molecule has 0 aliphatic carbocycles. The van der Waals surface area contributed by atoms with Crippen LogP contribution in [0.2, 0.25) is 0 Å². The van der Waals surface area contributed by atoms with Gasteiger partial charge in [-0.3, -0.25) is 4.79 Å². The lowest BCUT2D eigenvalue weighted by atomic mass is 10.1. The second kappa shape index (κ2) is 5.71. The van der Waals surface area contributed by atoms with Crippen LogP contribution in [0.15, 0.2) is 30.3 Å². The first-order valence-electron chi connectivity index (χ1n) is 6.20. The number of nitrogens with one attached hydrogen (secondary N) is 1. The number of carbonyl (C=O) groups excluding carboxylic acids is 1. The first-order chi connectivity index (χ1) is 9.92. The minimum atomic E-state index is -0.569. The van der Waals surface area contributed by atoms with E-state index in [1.807, 2.05) is 6.07 Å². The predicted molar refractivity (Wildman–Crippen MR) is 74.9 cm³/mol. The number of aryl methyl sites for hydroxylation is 1. The van der Waals surface area contributed by atoms with Gasteiger partial charge in [0.15, 0.2) is 0 Å². The molecule has 0 saturated carbocycles. The Labute approximate surface area is 120 Å². The van der Waals surface area contributed by atoms with E-state index in [0.717, 1.165) is 6.07 Å². The number of halogens is 2. The molecule has 2 aromatic carbocycles. The molecule has 0 bridgehead atoms. The quantitative estimate of drug-likeness (QED) is 0.915. The maximum atomic E-state index is 13.7. The average Bonchev–Trinajstić information content (AvgIpc) is 2.43. The molecule has 1 N–H and O–H groups in total. The highest BCUT2D eigenvalue weighted by Gasteiger charge is 2.13. The molecular weight excluding hydrogens is 274 g/mol. The van der Waals surface area contributed by atoms with Crippen LogP contribution in [0.3, 0.4) is 0 Å². The van der Waals surface area contributed by atoms with Crippen molar-refractivity contribution < 1.29 is 13.6 Å². The number of carbonyl (C=O) groups is 1. The first-order valence-corrected chi connectivity index (χ1v) is 6.20. The van der Waals surface area contributed by atoms with Crippen molar-refractivity contribution in [3.8, 4) is 6.07 Å². The number of hydrogen-bond donors (Lipinski definition) is 1. The molecule has 0 atom stereocenters. The maximum absolute atomic E-state index is 13.7. The smallest absolute Gasteiger partial charge is 0.255 e. The van der Waals surface area contributed by atoms with E-state index in [1.165, 1.54) is 31.2 Å². The summed E-state index contributed by atoms with van der Waals surface area (Å²) in [6.45, 7) is 3.11. The Kier molecular flexibility index (Phi) is 3.99. The summed E-state index contributed by atoms with van der Waals surface area (Å²) in [7, 11) is 0. The largest absolute Gasteiger partial charge is 0.322 e. The third kappa shape index (κ3) is 3.06. The molecule has 2 rings (SSSR count). The van der Waals surface area contributed by atoms with Crippen LogP contribution >= 0.6 is 0 Å². The van der Waals surface area contributed by atoms with E-state index >= 15 is 0 Å². The maximum Gasteiger partial charge on any atom is 0.255 e. The van der Waals surface area contributed by atoms with Gasteiger partial charge in [-0.1, -0.05) is 0 Å². The fourth-order valence-electron chi connectivity index (χ4n) is 1.94. The summed E-state index contributed by atoms with van der Waals surface area (Å²) in [5.74, 6) is -1.48. The Hall–Kier alpha value is -2.74. The zero-order valence-electron chi connectivity index (χ0n) is 11.5. The molecule has 0 spiro atoms. The fraction of sp³-hybridized carbons (Fsp3) is 0.125. The molecule has 0 aliphatic heterocycles. The second-order valence-electron chi connectivity index (χ2n) is 4.66. The van der Waals surface area contributed by atoms with E-state index in [-0.39, 0.29) is 16.8 Å². The summed E-state index contributed by atoms with van der Waals surface area (Å²) in [4.78, 5) is 12.2. The van der Waals surface area contributed by atoms with E-state index in [2.05, 4.69) is 5.32 Å². The van der Waals surface area contributed by atoms with Gasteiger partial charge < -0.3 is 5.32 Å². The van der Waals surface area contributed by atoms with Crippen molar-refractivity contribution in [1.82, 2.24) is 0 Å². The molecule has 3 nitrogen and oxygen atoms in total. The van der Waals surface area contributed by atoms with Crippen LogP contribution in [0.4, 0.5) is 14.5 Å².